The summed E-state index contributed by atoms with van der Waals surface area (Å²) >= 11 is 0. The minimum atomic E-state index is -0.889. The Balaban J connectivity index is 1.99. The van der Waals surface area contributed by atoms with Gasteiger partial charge in [-0.05, 0) is 18.9 Å². The van der Waals surface area contributed by atoms with Crippen LogP contribution in [0.3, 0.4) is 0 Å². The number of aliphatic carboxylic acids is 1. The molecule has 6 heteroatoms. The van der Waals surface area contributed by atoms with Crippen LogP contribution in [0.1, 0.15) is 25.5 Å². The molecule has 2 rings (SSSR count). The highest BCUT2D eigenvalue weighted by Gasteiger charge is 2.37. The fourth-order valence-electron chi connectivity index (χ4n) is 2.63. The van der Waals surface area contributed by atoms with Crippen LogP contribution >= 0.6 is 0 Å². The second-order valence-corrected chi connectivity index (χ2v) is 5.52. The number of nitrogens with one attached hydrogen (secondary N) is 1. The number of carboxylic acid groups (broad SMARTS) is 1. The van der Waals surface area contributed by atoms with Crippen molar-refractivity contribution in [2.45, 2.75) is 19.9 Å². The van der Waals surface area contributed by atoms with Crippen molar-refractivity contribution in [3.8, 4) is 0 Å². The summed E-state index contributed by atoms with van der Waals surface area (Å²) in [5.41, 5.74) is 0.410. The van der Waals surface area contributed by atoms with Crippen molar-refractivity contribution >= 4 is 12.0 Å². The molecule has 2 amide bonds. The molecule has 0 aromatic heterocycles. The van der Waals surface area contributed by atoms with Gasteiger partial charge in [0.05, 0.1) is 12.0 Å². The van der Waals surface area contributed by atoms with E-state index < -0.39 is 17.9 Å². The number of carbonyl (C=O) groups is 2. The number of likely N-dealkylation sites (tertiary alicyclic amines) is 1. The first-order valence-corrected chi connectivity index (χ1v) is 6.92. The Labute approximate surface area is 122 Å². The lowest BCUT2D eigenvalue weighted by Gasteiger charge is -2.21. The summed E-state index contributed by atoms with van der Waals surface area (Å²) in [6.07, 6.45) is 0. The van der Waals surface area contributed by atoms with Crippen LogP contribution in [-0.4, -0.2) is 35.1 Å². The van der Waals surface area contributed by atoms with E-state index in [0.29, 0.717) is 12.1 Å². The minimum Gasteiger partial charge on any atom is -0.481 e. The molecular formula is C15H19FN2O3. The van der Waals surface area contributed by atoms with Gasteiger partial charge in [-0.3, -0.25) is 4.79 Å². The van der Waals surface area contributed by atoms with Crippen molar-refractivity contribution in [3.05, 3.63) is 35.6 Å². The molecule has 1 fully saturated rings. The van der Waals surface area contributed by atoms with Gasteiger partial charge in [-0.1, -0.05) is 25.1 Å². The Morgan fingerprint density at radius 2 is 2.05 bits per heavy atom. The topological polar surface area (TPSA) is 69.6 Å². The quantitative estimate of drug-likeness (QED) is 0.898. The zero-order valence-corrected chi connectivity index (χ0v) is 12.0. The van der Waals surface area contributed by atoms with Crippen LogP contribution in [-0.2, 0) is 4.79 Å². The molecule has 2 N–H and O–H groups in total. The maximum absolute atomic E-state index is 13.7. The summed E-state index contributed by atoms with van der Waals surface area (Å²) in [4.78, 5) is 24.7. The minimum absolute atomic E-state index is 0.0861. The van der Waals surface area contributed by atoms with Gasteiger partial charge in [0.1, 0.15) is 5.82 Å². The van der Waals surface area contributed by atoms with Crippen molar-refractivity contribution in [1.82, 2.24) is 10.2 Å². The van der Waals surface area contributed by atoms with E-state index in [4.69, 9.17) is 5.11 Å². The van der Waals surface area contributed by atoms with Gasteiger partial charge in [-0.2, -0.15) is 0 Å². The number of carboxylic acids is 1. The first-order valence-electron chi connectivity index (χ1n) is 6.92. The largest absolute Gasteiger partial charge is 0.481 e. The SMILES string of the molecule is CC(NC(=O)N1CC(C)C(C(=O)O)C1)c1ccccc1F. The smallest absolute Gasteiger partial charge is 0.317 e. The molecule has 1 aromatic carbocycles. The van der Waals surface area contributed by atoms with Crippen LogP contribution in [0.25, 0.3) is 0 Å². The number of rotatable bonds is 3. The Kier molecular flexibility index (Phi) is 4.45. The fraction of sp³-hybridized carbons (Fsp3) is 0.467. The standard InChI is InChI=1S/C15H19FN2O3/c1-9-7-18(8-12(9)14(19)20)15(21)17-10(2)11-5-3-4-6-13(11)16/h3-6,9-10,12H,7-8H2,1-2H3,(H,17,21)(H,19,20). The molecule has 1 saturated heterocycles. The maximum atomic E-state index is 13.7. The number of hydrogen-bond donors (Lipinski definition) is 2. The van der Waals surface area contributed by atoms with Crippen molar-refractivity contribution in [2.24, 2.45) is 11.8 Å². The highest BCUT2D eigenvalue weighted by atomic mass is 19.1. The number of carbonyl (C=O) groups excluding carboxylic acids is 1. The molecule has 1 aliphatic heterocycles. The van der Waals surface area contributed by atoms with E-state index >= 15 is 0 Å². The molecule has 0 aliphatic carbocycles. The van der Waals surface area contributed by atoms with E-state index in [0.717, 1.165) is 0 Å². The van der Waals surface area contributed by atoms with Crippen LogP contribution in [0.4, 0.5) is 9.18 Å². The predicted molar refractivity (Wildman–Crippen MR) is 75.2 cm³/mol. The molecule has 1 aliphatic rings. The molecule has 1 aromatic rings. The third-order valence-corrected chi connectivity index (χ3v) is 3.93. The van der Waals surface area contributed by atoms with Gasteiger partial charge in [0.15, 0.2) is 0 Å². The van der Waals surface area contributed by atoms with Crippen LogP contribution < -0.4 is 5.32 Å². The van der Waals surface area contributed by atoms with Gasteiger partial charge in [0.25, 0.3) is 0 Å². The first-order chi connectivity index (χ1) is 9.90. The monoisotopic (exact) mass is 294 g/mol. The Bertz CT molecular complexity index is 549. The van der Waals surface area contributed by atoms with Gasteiger partial charge in [0.2, 0.25) is 0 Å². The van der Waals surface area contributed by atoms with Gasteiger partial charge >= 0.3 is 12.0 Å². The third kappa shape index (κ3) is 3.32. The summed E-state index contributed by atoms with van der Waals surface area (Å²) in [5.74, 6) is -1.89. The van der Waals surface area contributed by atoms with Crippen molar-refractivity contribution in [2.75, 3.05) is 13.1 Å². The van der Waals surface area contributed by atoms with E-state index in [1.54, 1.807) is 25.1 Å². The molecule has 0 spiro atoms. The van der Waals surface area contributed by atoms with E-state index in [-0.39, 0.29) is 24.3 Å². The van der Waals surface area contributed by atoms with Crippen LogP contribution in [0.15, 0.2) is 24.3 Å². The second kappa shape index (κ2) is 6.11. The summed E-state index contributed by atoms with van der Waals surface area (Å²) in [6.45, 7) is 4.09. The average Bonchev–Trinajstić information content (AvgIpc) is 2.81. The zero-order valence-electron chi connectivity index (χ0n) is 12.0. The van der Waals surface area contributed by atoms with Gasteiger partial charge < -0.3 is 15.3 Å². The number of urea groups is 1. The summed E-state index contributed by atoms with van der Waals surface area (Å²) in [7, 11) is 0. The average molecular weight is 294 g/mol. The molecule has 21 heavy (non-hydrogen) atoms. The Morgan fingerprint density at radius 1 is 1.38 bits per heavy atom. The van der Waals surface area contributed by atoms with Gasteiger partial charge in [-0.15, -0.1) is 0 Å². The first kappa shape index (κ1) is 15.3. The lowest BCUT2D eigenvalue weighted by Crippen LogP contribution is -2.40. The highest BCUT2D eigenvalue weighted by molar-refractivity contribution is 5.78. The molecule has 3 atom stereocenters. The third-order valence-electron chi connectivity index (χ3n) is 3.93. The van der Waals surface area contributed by atoms with E-state index in [1.807, 2.05) is 6.92 Å². The molecule has 0 radical (unpaired) electrons. The van der Waals surface area contributed by atoms with Crippen LogP contribution in [0.2, 0.25) is 0 Å². The van der Waals surface area contributed by atoms with Crippen molar-refractivity contribution in [3.63, 3.8) is 0 Å². The Hall–Kier alpha value is -2.11. The van der Waals surface area contributed by atoms with E-state index in [2.05, 4.69) is 5.32 Å². The maximum Gasteiger partial charge on any atom is 0.317 e. The number of benzene rings is 1. The summed E-state index contributed by atoms with van der Waals surface area (Å²) < 4.78 is 13.7. The normalized spacial score (nSPS) is 22.9. The molecule has 0 saturated carbocycles. The predicted octanol–water partition coefficient (Wildman–Crippen LogP) is 2.25. The molecule has 5 nitrogen and oxygen atoms in total. The second-order valence-electron chi connectivity index (χ2n) is 5.52. The number of hydrogen-bond acceptors (Lipinski definition) is 2. The Morgan fingerprint density at radius 3 is 2.62 bits per heavy atom. The molecular weight excluding hydrogens is 275 g/mol. The van der Waals surface area contributed by atoms with Crippen molar-refractivity contribution in [1.29, 1.82) is 0 Å². The van der Waals surface area contributed by atoms with Crippen LogP contribution in [0.5, 0.6) is 0 Å². The summed E-state index contributed by atoms with van der Waals surface area (Å²) in [5, 5.41) is 11.8. The molecule has 3 unspecified atom stereocenters. The van der Waals surface area contributed by atoms with E-state index in [1.165, 1.54) is 11.0 Å². The zero-order chi connectivity index (χ0) is 15.6. The number of halogens is 1. The van der Waals surface area contributed by atoms with Gasteiger partial charge in [0, 0.05) is 18.7 Å². The molecule has 1 heterocycles. The highest BCUT2D eigenvalue weighted by Crippen LogP contribution is 2.24. The summed E-state index contributed by atoms with van der Waals surface area (Å²) in [6, 6.07) is 5.43. The lowest BCUT2D eigenvalue weighted by atomic mass is 9.99. The number of nitrogens with zero attached hydrogens (tertiary/aromatic N) is 1. The van der Waals surface area contributed by atoms with Crippen LogP contribution in [0, 0.1) is 17.7 Å². The molecule has 0 bridgehead atoms. The number of amides is 2. The van der Waals surface area contributed by atoms with E-state index in [9.17, 15) is 14.0 Å². The van der Waals surface area contributed by atoms with Gasteiger partial charge in [-0.25, -0.2) is 9.18 Å². The van der Waals surface area contributed by atoms with Crippen molar-refractivity contribution < 1.29 is 19.1 Å². The fourth-order valence-corrected chi connectivity index (χ4v) is 2.63. The molecule has 114 valence electrons. The lowest BCUT2D eigenvalue weighted by molar-refractivity contribution is -0.142.